The summed E-state index contributed by atoms with van der Waals surface area (Å²) in [5.41, 5.74) is 7.96. The highest BCUT2D eigenvalue weighted by molar-refractivity contribution is 6.30. The molecule has 2 aliphatic rings. The largest absolute Gasteiger partial charge is 0.376 e. The van der Waals surface area contributed by atoms with E-state index < -0.39 is 11.6 Å². The minimum absolute atomic E-state index is 0.00332. The average Bonchev–Trinajstić information content (AvgIpc) is 3.56. The summed E-state index contributed by atoms with van der Waals surface area (Å²) < 4.78 is 35.3. The van der Waals surface area contributed by atoms with Gasteiger partial charge in [0, 0.05) is 43.0 Å². The number of halogens is 3. The number of hydrogen-bond donors (Lipinski definition) is 2. The van der Waals surface area contributed by atoms with Crippen LogP contribution in [0.25, 0.3) is 16.7 Å². The molecule has 4 aromatic rings. The van der Waals surface area contributed by atoms with Crippen molar-refractivity contribution in [1.82, 2.24) is 24.6 Å². The quantitative estimate of drug-likeness (QED) is 0.309. The van der Waals surface area contributed by atoms with Gasteiger partial charge in [0.15, 0.2) is 11.3 Å². The summed E-state index contributed by atoms with van der Waals surface area (Å²) in [7, 11) is 0. The van der Waals surface area contributed by atoms with Crippen LogP contribution in [0, 0.1) is 28.9 Å². The second kappa shape index (κ2) is 8.16. The van der Waals surface area contributed by atoms with E-state index in [2.05, 4.69) is 31.9 Å². The number of fused-ring (bicyclic) bond motifs is 3. The molecule has 1 aromatic carbocycles. The fourth-order valence-corrected chi connectivity index (χ4v) is 5.28. The number of aromatic nitrogens is 5. The molecule has 2 aliphatic heterocycles. The predicted molar refractivity (Wildman–Crippen MR) is 127 cm³/mol. The molecule has 3 N–H and O–H groups in total. The van der Waals surface area contributed by atoms with Crippen LogP contribution in [-0.2, 0) is 4.74 Å². The first-order valence-corrected chi connectivity index (χ1v) is 11.7. The number of ether oxygens (including phenoxy) is 1. The topological polar surface area (TPSA) is 97.4 Å². The van der Waals surface area contributed by atoms with Crippen molar-refractivity contribution in [3.63, 3.8) is 0 Å². The summed E-state index contributed by atoms with van der Waals surface area (Å²) in [5.74, 6) is 4.65. The molecule has 180 valence electrons. The van der Waals surface area contributed by atoms with E-state index in [0.717, 1.165) is 37.9 Å². The van der Waals surface area contributed by atoms with Gasteiger partial charge >= 0.3 is 0 Å². The van der Waals surface area contributed by atoms with E-state index in [1.54, 1.807) is 6.20 Å². The Morgan fingerprint density at radius 3 is 2.77 bits per heavy atom. The second-order valence-electron chi connectivity index (χ2n) is 9.22. The molecule has 0 amide bonds. The summed E-state index contributed by atoms with van der Waals surface area (Å²) in [6.45, 7) is 4.31. The van der Waals surface area contributed by atoms with E-state index in [0.29, 0.717) is 35.0 Å². The van der Waals surface area contributed by atoms with Crippen LogP contribution in [0.15, 0.2) is 24.5 Å². The van der Waals surface area contributed by atoms with Crippen LogP contribution in [0.1, 0.15) is 31.0 Å². The van der Waals surface area contributed by atoms with Crippen molar-refractivity contribution < 1.29 is 13.5 Å². The number of nitrogens with two attached hydrogens (primary N) is 1. The van der Waals surface area contributed by atoms with Crippen molar-refractivity contribution in [2.75, 3.05) is 24.6 Å². The van der Waals surface area contributed by atoms with E-state index >= 15 is 0 Å². The van der Waals surface area contributed by atoms with Crippen LogP contribution in [0.2, 0.25) is 5.02 Å². The lowest BCUT2D eigenvalue weighted by Crippen LogP contribution is -2.51. The van der Waals surface area contributed by atoms with Crippen molar-refractivity contribution in [1.29, 1.82) is 0 Å². The lowest BCUT2D eigenvalue weighted by Gasteiger charge is -2.41. The zero-order chi connectivity index (χ0) is 24.3. The molecule has 0 aliphatic carbocycles. The van der Waals surface area contributed by atoms with Gasteiger partial charge in [-0.15, -0.1) is 0 Å². The first-order valence-electron chi connectivity index (χ1n) is 11.4. The molecule has 2 fully saturated rings. The zero-order valence-corrected chi connectivity index (χ0v) is 19.6. The van der Waals surface area contributed by atoms with Crippen LogP contribution in [0.4, 0.5) is 14.7 Å². The molecular formula is C24H22ClF2N7O. The maximum atomic E-state index is 14.1. The Hall–Kier alpha value is -3.26. The van der Waals surface area contributed by atoms with E-state index in [1.807, 2.05) is 17.5 Å². The maximum Gasteiger partial charge on any atom is 0.213 e. The molecule has 8 nitrogen and oxygen atoms in total. The van der Waals surface area contributed by atoms with E-state index in [1.165, 1.54) is 0 Å². The van der Waals surface area contributed by atoms with Gasteiger partial charge in [0.05, 0.1) is 28.7 Å². The van der Waals surface area contributed by atoms with Gasteiger partial charge in [-0.3, -0.25) is 9.50 Å². The van der Waals surface area contributed by atoms with Gasteiger partial charge in [0.2, 0.25) is 5.95 Å². The SMILES string of the molecule is C[C@@H]1OCC2(CCN(c3nc4[nH]nc(C#Cc5cc(Cl)c(F)cc5F)c4c4nccn34)CC2)[C@@H]1N. The summed E-state index contributed by atoms with van der Waals surface area (Å²) in [6.07, 6.45) is 5.44. The van der Waals surface area contributed by atoms with Gasteiger partial charge in [0.25, 0.3) is 0 Å². The average molecular weight is 498 g/mol. The van der Waals surface area contributed by atoms with Gasteiger partial charge < -0.3 is 15.4 Å². The molecule has 3 aromatic heterocycles. The van der Waals surface area contributed by atoms with Crippen LogP contribution in [0.3, 0.4) is 0 Å². The minimum Gasteiger partial charge on any atom is -0.376 e. The number of hydrogen-bond acceptors (Lipinski definition) is 6. The van der Waals surface area contributed by atoms with Crippen molar-refractivity contribution >= 4 is 34.2 Å². The van der Waals surface area contributed by atoms with Gasteiger partial charge in [0.1, 0.15) is 17.3 Å². The number of rotatable bonds is 1. The molecule has 35 heavy (non-hydrogen) atoms. The summed E-state index contributed by atoms with van der Waals surface area (Å²) in [6, 6.07) is 1.90. The first-order chi connectivity index (χ1) is 16.9. The fourth-order valence-electron chi connectivity index (χ4n) is 5.11. The van der Waals surface area contributed by atoms with Gasteiger partial charge in [-0.2, -0.15) is 10.1 Å². The Balaban J connectivity index is 1.35. The van der Waals surface area contributed by atoms with Gasteiger partial charge in [-0.1, -0.05) is 17.5 Å². The molecule has 0 radical (unpaired) electrons. The number of benzene rings is 1. The summed E-state index contributed by atoms with van der Waals surface area (Å²) in [4.78, 5) is 11.6. The van der Waals surface area contributed by atoms with E-state index in [-0.39, 0.29) is 28.1 Å². The van der Waals surface area contributed by atoms with Gasteiger partial charge in [-0.05, 0) is 31.8 Å². The Bertz CT molecular complexity index is 1510. The number of nitrogens with one attached hydrogen (secondary N) is 1. The minimum atomic E-state index is -0.837. The third-order valence-corrected chi connectivity index (χ3v) is 7.54. The molecule has 0 bridgehead atoms. The third-order valence-electron chi connectivity index (χ3n) is 7.25. The number of piperidine rings is 1. The van der Waals surface area contributed by atoms with Crippen LogP contribution in [-0.4, -0.2) is 56.4 Å². The number of aromatic amines is 1. The fraction of sp³-hybridized carbons (Fsp3) is 0.375. The third kappa shape index (κ3) is 3.54. The molecule has 0 saturated carbocycles. The number of H-pyrrole nitrogens is 1. The normalized spacial score (nSPS) is 21.7. The summed E-state index contributed by atoms with van der Waals surface area (Å²) >= 11 is 5.78. The highest BCUT2D eigenvalue weighted by Crippen LogP contribution is 2.42. The number of imidazole rings is 1. The zero-order valence-electron chi connectivity index (χ0n) is 18.9. The highest BCUT2D eigenvalue weighted by atomic mass is 35.5. The van der Waals surface area contributed by atoms with E-state index in [4.69, 9.17) is 27.1 Å². The first kappa shape index (κ1) is 22.2. The van der Waals surface area contributed by atoms with E-state index in [9.17, 15) is 8.78 Å². The molecule has 2 atom stereocenters. The second-order valence-corrected chi connectivity index (χ2v) is 9.62. The Morgan fingerprint density at radius 1 is 1.23 bits per heavy atom. The Morgan fingerprint density at radius 2 is 2.03 bits per heavy atom. The van der Waals surface area contributed by atoms with Crippen molar-refractivity contribution in [3.8, 4) is 11.8 Å². The molecule has 5 heterocycles. The lowest BCUT2D eigenvalue weighted by atomic mass is 9.73. The predicted octanol–water partition coefficient (Wildman–Crippen LogP) is 3.27. The van der Waals surface area contributed by atoms with Crippen LogP contribution >= 0.6 is 11.6 Å². The molecule has 6 rings (SSSR count). The summed E-state index contributed by atoms with van der Waals surface area (Å²) in [5, 5.41) is 7.61. The molecule has 0 unspecified atom stereocenters. The Labute approximate surface area is 204 Å². The van der Waals surface area contributed by atoms with Crippen LogP contribution < -0.4 is 10.6 Å². The number of anilines is 1. The smallest absolute Gasteiger partial charge is 0.213 e. The van der Waals surface area contributed by atoms with Crippen molar-refractivity contribution in [2.24, 2.45) is 11.1 Å². The Kier molecular flexibility index (Phi) is 5.18. The molecule has 2 saturated heterocycles. The van der Waals surface area contributed by atoms with Gasteiger partial charge in [-0.25, -0.2) is 13.8 Å². The standard InChI is InChI=1S/C24H22ClF2N7O/c1-13-20(28)24(12-35-13)4-7-33(8-5-24)23-30-21-19(22-29-6-9-34(22)23)18(31-32-21)3-2-14-10-15(25)17(27)11-16(14)26/h6,9-11,13,20H,4-5,7-8,12,28H2,1H3,(H,31,32)/t13-,20+/m0/s1. The highest BCUT2D eigenvalue weighted by Gasteiger charge is 2.47. The molecule has 1 spiro atoms. The van der Waals surface area contributed by atoms with Crippen molar-refractivity contribution in [2.45, 2.75) is 31.9 Å². The lowest BCUT2D eigenvalue weighted by molar-refractivity contribution is 0.0973. The van der Waals surface area contributed by atoms with Crippen LogP contribution in [0.5, 0.6) is 0 Å². The maximum absolute atomic E-state index is 14.1. The molecule has 11 heteroatoms. The monoisotopic (exact) mass is 497 g/mol. The number of nitrogens with zero attached hydrogens (tertiary/aromatic N) is 5. The molecular weight excluding hydrogens is 476 g/mol. The van der Waals surface area contributed by atoms with Crippen molar-refractivity contribution in [3.05, 3.63) is 52.4 Å².